The van der Waals surface area contributed by atoms with Crippen LogP contribution in [0.1, 0.15) is 15.9 Å². The fraction of sp³-hybridized carbons (Fsp3) is 0. The van der Waals surface area contributed by atoms with Gasteiger partial charge < -0.3 is 15.4 Å². The van der Waals surface area contributed by atoms with Crippen molar-refractivity contribution in [3.63, 3.8) is 0 Å². The van der Waals surface area contributed by atoms with Gasteiger partial charge in [-0.3, -0.25) is 9.59 Å². The lowest BCUT2D eigenvalue weighted by Gasteiger charge is -2.07. The third-order valence-electron chi connectivity index (χ3n) is 3.09. The van der Waals surface area contributed by atoms with E-state index < -0.39 is 11.5 Å². The molecule has 0 aliphatic rings. The van der Waals surface area contributed by atoms with Crippen molar-refractivity contribution in [3.8, 4) is 11.8 Å². The number of hydrogen-bond acceptors (Lipinski definition) is 5. The standard InChI is InChI=1S/C15H9N3O3S/c16-7-8-1-3-9(4-2-8)17-14(20)11-12(19)13-10(5-6-22-13)18-15(11)21/h1-6H,(H,17,20)(H2,18,19,21). The molecule has 0 radical (unpaired) electrons. The number of hydrogen-bond donors (Lipinski definition) is 3. The number of anilines is 1. The van der Waals surface area contributed by atoms with Crippen LogP contribution in [0.25, 0.3) is 10.2 Å². The van der Waals surface area contributed by atoms with Crippen LogP contribution in [0, 0.1) is 11.3 Å². The number of thiophene rings is 1. The second kappa shape index (κ2) is 5.35. The Hall–Kier alpha value is -3.11. The molecule has 0 atom stereocenters. The Morgan fingerprint density at radius 2 is 2.00 bits per heavy atom. The lowest BCUT2D eigenvalue weighted by molar-refractivity contribution is 0.102. The topological polar surface area (TPSA) is 106 Å². The molecule has 2 aromatic heterocycles. The van der Waals surface area contributed by atoms with Gasteiger partial charge in [-0.05, 0) is 35.7 Å². The number of aromatic amines is 1. The highest BCUT2D eigenvalue weighted by Crippen LogP contribution is 2.29. The minimum absolute atomic E-state index is 0.333. The van der Waals surface area contributed by atoms with Gasteiger partial charge in [-0.1, -0.05) is 0 Å². The van der Waals surface area contributed by atoms with Crippen molar-refractivity contribution in [1.29, 1.82) is 5.26 Å². The summed E-state index contributed by atoms with van der Waals surface area (Å²) in [6, 6.07) is 9.81. The van der Waals surface area contributed by atoms with Crippen LogP contribution >= 0.6 is 11.3 Å². The third-order valence-corrected chi connectivity index (χ3v) is 4.01. The molecule has 6 nitrogen and oxygen atoms in total. The van der Waals surface area contributed by atoms with Crippen LogP contribution in [0.5, 0.6) is 5.75 Å². The van der Waals surface area contributed by atoms with Gasteiger partial charge in [0.15, 0.2) is 5.75 Å². The summed E-state index contributed by atoms with van der Waals surface area (Å²) in [5.41, 5.74) is 0.379. The van der Waals surface area contributed by atoms with Crippen LogP contribution in [0.2, 0.25) is 0 Å². The maximum Gasteiger partial charge on any atom is 0.265 e. The number of pyridine rings is 1. The third kappa shape index (κ3) is 2.32. The Morgan fingerprint density at radius 3 is 2.68 bits per heavy atom. The van der Waals surface area contributed by atoms with Gasteiger partial charge in [0.2, 0.25) is 0 Å². The van der Waals surface area contributed by atoms with Crippen LogP contribution in [0.15, 0.2) is 40.5 Å². The largest absolute Gasteiger partial charge is 0.505 e. The molecule has 0 aliphatic carbocycles. The summed E-state index contributed by atoms with van der Waals surface area (Å²) in [6.07, 6.45) is 0. The molecule has 0 fully saturated rings. The van der Waals surface area contributed by atoms with E-state index >= 15 is 0 Å². The number of carbonyl (C=O) groups excluding carboxylic acids is 1. The van der Waals surface area contributed by atoms with Gasteiger partial charge in [-0.2, -0.15) is 5.26 Å². The molecule has 0 saturated carbocycles. The molecule has 1 aromatic carbocycles. The molecule has 7 heteroatoms. The molecule has 108 valence electrons. The maximum absolute atomic E-state index is 12.2. The van der Waals surface area contributed by atoms with Crippen LogP contribution in [0.3, 0.4) is 0 Å². The number of fused-ring (bicyclic) bond motifs is 1. The first kappa shape index (κ1) is 13.9. The monoisotopic (exact) mass is 311 g/mol. The summed E-state index contributed by atoms with van der Waals surface area (Å²) >= 11 is 1.23. The fourth-order valence-corrected chi connectivity index (χ4v) is 2.83. The molecule has 3 N–H and O–H groups in total. The molecular weight excluding hydrogens is 302 g/mol. The average molecular weight is 311 g/mol. The summed E-state index contributed by atoms with van der Waals surface area (Å²) in [7, 11) is 0. The minimum atomic E-state index is -0.709. The molecular formula is C15H9N3O3S. The van der Waals surface area contributed by atoms with E-state index in [2.05, 4.69) is 10.3 Å². The summed E-state index contributed by atoms with van der Waals surface area (Å²) in [5.74, 6) is -1.04. The minimum Gasteiger partial charge on any atom is -0.505 e. The summed E-state index contributed by atoms with van der Waals surface area (Å²) in [5, 5.41) is 23.1. The molecule has 0 spiro atoms. The number of nitriles is 1. The van der Waals surface area contributed by atoms with Crippen molar-refractivity contribution < 1.29 is 9.90 Å². The predicted octanol–water partition coefficient (Wildman–Crippen LogP) is 2.42. The Morgan fingerprint density at radius 1 is 1.27 bits per heavy atom. The quantitative estimate of drug-likeness (QED) is 0.675. The average Bonchev–Trinajstić information content (AvgIpc) is 2.96. The first-order valence-corrected chi connectivity index (χ1v) is 7.12. The Kier molecular flexibility index (Phi) is 3.37. The van der Waals surface area contributed by atoms with Crippen molar-refractivity contribution >= 4 is 33.1 Å². The number of amides is 1. The van der Waals surface area contributed by atoms with Gasteiger partial charge in [0, 0.05) is 5.69 Å². The molecule has 0 unspecified atom stereocenters. The SMILES string of the molecule is N#Cc1ccc(NC(=O)c2c(O)c3sccc3[nH]c2=O)cc1. The van der Waals surface area contributed by atoms with Crippen molar-refractivity contribution in [3.05, 3.63) is 57.2 Å². The molecule has 0 bridgehead atoms. The summed E-state index contributed by atoms with van der Waals surface area (Å²) in [4.78, 5) is 26.7. The first-order chi connectivity index (χ1) is 10.6. The number of aromatic nitrogens is 1. The maximum atomic E-state index is 12.2. The van der Waals surface area contributed by atoms with Crippen molar-refractivity contribution in [2.75, 3.05) is 5.32 Å². The number of carbonyl (C=O) groups is 1. The molecule has 3 rings (SSSR count). The Bertz CT molecular complexity index is 964. The van der Waals surface area contributed by atoms with Gasteiger partial charge in [0.1, 0.15) is 5.56 Å². The number of nitrogens with one attached hydrogen (secondary N) is 2. The number of aromatic hydroxyl groups is 1. The van der Waals surface area contributed by atoms with E-state index in [9.17, 15) is 14.7 Å². The van der Waals surface area contributed by atoms with E-state index in [4.69, 9.17) is 5.26 Å². The van der Waals surface area contributed by atoms with E-state index in [1.807, 2.05) is 6.07 Å². The normalized spacial score (nSPS) is 10.3. The number of benzene rings is 1. The fourth-order valence-electron chi connectivity index (χ4n) is 2.03. The number of H-pyrrole nitrogens is 1. The summed E-state index contributed by atoms with van der Waals surface area (Å²) < 4.78 is 0.449. The van der Waals surface area contributed by atoms with Crippen LogP contribution in [-0.2, 0) is 0 Å². The smallest absolute Gasteiger partial charge is 0.265 e. The zero-order valence-corrected chi connectivity index (χ0v) is 11.9. The highest BCUT2D eigenvalue weighted by atomic mass is 32.1. The van der Waals surface area contributed by atoms with Gasteiger partial charge in [0.25, 0.3) is 11.5 Å². The second-order valence-electron chi connectivity index (χ2n) is 4.48. The van der Waals surface area contributed by atoms with E-state index in [0.29, 0.717) is 21.5 Å². The first-order valence-electron chi connectivity index (χ1n) is 6.24. The van der Waals surface area contributed by atoms with Crippen LogP contribution in [-0.4, -0.2) is 16.0 Å². The zero-order chi connectivity index (χ0) is 15.7. The highest BCUT2D eigenvalue weighted by Gasteiger charge is 2.19. The Labute approximate surface area is 128 Å². The zero-order valence-electron chi connectivity index (χ0n) is 11.1. The van der Waals surface area contributed by atoms with E-state index in [1.165, 1.54) is 11.3 Å². The second-order valence-corrected chi connectivity index (χ2v) is 5.40. The molecule has 0 aliphatic heterocycles. The van der Waals surface area contributed by atoms with Gasteiger partial charge in [-0.25, -0.2) is 0 Å². The predicted molar refractivity (Wildman–Crippen MR) is 83.2 cm³/mol. The van der Waals surface area contributed by atoms with Crippen molar-refractivity contribution in [1.82, 2.24) is 4.98 Å². The van der Waals surface area contributed by atoms with E-state index in [0.717, 1.165) is 0 Å². The lowest BCUT2D eigenvalue weighted by atomic mass is 10.2. The number of rotatable bonds is 2. The number of nitrogens with zero attached hydrogens (tertiary/aromatic N) is 1. The van der Waals surface area contributed by atoms with E-state index in [-0.39, 0.29) is 11.3 Å². The molecule has 3 aromatic rings. The van der Waals surface area contributed by atoms with E-state index in [1.54, 1.807) is 35.7 Å². The lowest BCUT2D eigenvalue weighted by Crippen LogP contribution is -2.23. The molecule has 0 saturated heterocycles. The van der Waals surface area contributed by atoms with Crippen molar-refractivity contribution in [2.24, 2.45) is 0 Å². The van der Waals surface area contributed by atoms with Crippen LogP contribution < -0.4 is 10.9 Å². The van der Waals surface area contributed by atoms with Crippen LogP contribution in [0.4, 0.5) is 5.69 Å². The van der Waals surface area contributed by atoms with Gasteiger partial charge in [-0.15, -0.1) is 11.3 Å². The highest BCUT2D eigenvalue weighted by molar-refractivity contribution is 7.17. The van der Waals surface area contributed by atoms with Gasteiger partial charge >= 0.3 is 0 Å². The van der Waals surface area contributed by atoms with Crippen molar-refractivity contribution in [2.45, 2.75) is 0 Å². The molecule has 1 amide bonds. The summed E-state index contributed by atoms with van der Waals surface area (Å²) in [6.45, 7) is 0. The molecule has 2 heterocycles. The Balaban J connectivity index is 1.98. The van der Waals surface area contributed by atoms with Gasteiger partial charge in [0.05, 0.1) is 21.8 Å². The molecule has 22 heavy (non-hydrogen) atoms.